The summed E-state index contributed by atoms with van der Waals surface area (Å²) in [6, 6.07) is 7.64. The largest absolute Gasteiger partial charge is 0.497 e. The summed E-state index contributed by atoms with van der Waals surface area (Å²) in [5.41, 5.74) is 1.07. The van der Waals surface area contributed by atoms with Crippen molar-refractivity contribution in [2.24, 2.45) is 0 Å². The lowest BCUT2D eigenvalue weighted by atomic mass is 9.97. The molecule has 0 saturated carbocycles. The molecule has 21 heavy (non-hydrogen) atoms. The number of hydrogen-bond donors (Lipinski definition) is 1. The molecule has 5 nitrogen and oxygen atoms in total. The van der Waals surface area contributed by atoms with Crippen molar-refractivity contribution in [2.75, 3.05) is 20.2 Å². The number of methoxy groups -OCH3 is 1. The van der Waals surface area contributed by atoms with Gasteiger partial charge in [0.25, 0.3) is 0 Å². The van der Waals surface area contributed by atoms with E-state index in [9.17, 15) is 9.59 Å². The van der Waals surface area contributed by atoms with E-state index >= 15 is 0 Å². The minimum Gasteiger partial charge on any atom is -0.497 e. The molecule has 1 N–H and O–H groups in total. The Hall–Kier alpha value is -2.04. The normalized spacial score (nSPS) is 11.8. The van der Waals surface area contributed by atoms with Crippen molar-refractivity contribution in [3.8, 4) is 5.75 Å². The Morgan fingerprint density at radius 1 is 1.29 bits per heavy atom. The van der Waals surface area contributed by atoms with Gasteiger partial charge >= 0.3 is 5.97 Å². The zero-order valence-corrected chi connectivity index (χ0v) is 12.8. The third-order valence-electron chi connectivity index (χ3n) is 3.50. The molecule has 0 radical (unpaired) electrons. The molecular weight excluding hydrogens is 270 g/mol. The molecule has 0 aliphatic carbocycles. The minimum absolute atomic E-state index is 0.0120. The van der Waals surface area contributed by atoms with Crippen molar-refractivity contribution >= 4 is 11.9 Å². The number of amides is 1. The van der Waals surface area contributed by atoms with Crippen LogP contribution in [0, 0.1) is 0 Å². The summed E-state index contributed by atoms with van der Waals surface area (Å²) in [6.07, 6.45) is 0.357. The second-order valence-corrected chi connectivity index (χ2v) is 5.00. The van der Waals surface area contributed by atoms with Gasteiger partial charge in [-0.15, -0.1) is 0 Å². The molecule has 1 aromatic carbocycles. The number of carbonyl (C=O) groups is 2. The lowest BCUT2D eigenvalue weighted by molar-refractivity contribution is -0.138. The van der Waals surface area contributed by atoms with Gasteiger partial charge in [-0.05, 0) is 30.5 Å². The van der Waals surface area contributed by atoms with Crippen LogP contribution < -0.4 is 4.74 Å². The molecule has 1 aromatic rings. The molecule has 0 aliphatic heterocycles. The monoisotopic (exact) mass is 293 g/mol. The van der Waals surface area contributed by atoms with E-state index in [0.29, 0.717) is 13.0 Å². The number of rotatable bonds is 8. The third-order valence-corrected chi connectivity index (χ3v) is 3.50. The van der Waals surface area contributed by atoms with Gasteiger partial charge in [0, 0.05) is 19.5 Å². The fraction of sp³-hybridized carbons (Fsp3) is 0.500. The smallest absolute Gasteiger partial charge is 0.305 e. The van der Waals surface area contributed by atoms with Gasteiger partial charge in [0.05, 0.1) is 13.5 Å². The standard InChI is InChI=1S/C16H23NO4/c1-4-17(10-9-16(19)20)15(18)11-12(2)13-5-7-14(21-3)8-6-13/h5-8,12H,4,9-11H2,1-3H3,(H,19,20). The Morgan fingerprint density at radius 3 is 2.38 bits per heavy atom. The van der Waals surface area contributed by atoms with Gasteiger partial charge in [0.1, 0.15) is 5.75 Å². The zero-order valence-electron chi connectivity index (χ0n) is 12.8. The van der Waals surface area contributed by atoms with Gasteiger partial charge in [0.15, 0.2) is 0 Å². The predicted octanol–water partition coefficient (Wildman–Crippen LogP) is 2.51. The van der Waals surface area contributed by atoms with Crippen molar-refractivity contribution in [3.05, 3.63) is 29.8 Å². The molecule has 1 amide bonds. The van der Waals surface area contributed by atoms with Gasteiger partial charge < -0.3 is 14.7 Å². The van der Waals surface area contributed by atoms with E-state index in [1.54, 1.807) is 12.0 Å². The number of benzene rings is 1. The van der Waals surface area contributed by atoms with E-state index in [1.165, 1.54) is 0 Å². The predicted molar refractivity (Wildman–Crippen MR) is 80.5 cm³/mol. The molecule has 0 fully saturated rings. The van der Waals surface area contributed by atoms with E-state index in [1.807, 2.05) is 38.1 Å². The third kappa shape index (κ3) is 5.45. The second-order valence-electron chi connectivity index (χ2n) is 5.00. The van der Waals surface area contributed by atoms with Gasteiger partial charge in [0.2, 0.25) is 5.91 Å². The van der Waals surface area contributed by atoms with Crippen LogP contribution in [0.3, 0.4) is 0 Å². The number of nitrogens with zero attached hydrogens (tertiary/aromatic N) is 1. The van der Waals surface area contributed by atoms with Crippen molar-refractivity contribution in [1.82, 2.24) is 4.90 Å². The van der Waals surface area contributed by atoms with Gasteiger partial charge in [-0.25, -0.2) is 0 Å². The van der Waals surface area contributed by atoms with E-state index in [0.717, 1.165) is 11.3 Å². The summed E-state index contributed by atoms with van der Waals surface area (Å²) in [7, 11) is 1.61. The van der Waals surface area contributed by atoms with E-state index in [2.05, 4.69) is 0 Å². The fourth-order valence-electron chi connectivity index (χ4n) is 2.13. The molecule has 0 spiro atoms. The molecule has 1 rings (SSSR count). The summed E-state index contributed by atoms with van der Waals surface area (Å²) >= 11 is 0. The van der Waals surface area contributed by atoms with Crippen molar-refractivity contribution in [1.29, 1.82) is 0 Å². The molecular formula is C16H23NO4. The number of carbonyl (C=O) groups excluding carboxylic acids is 1. The first kappa shape index (κ1) is 17.0. The molecule has 0 aliphatic rings. The van der Waals surface area contributed by atoms with E-state index in [-0.39, 0.29) is 24.8 Å². The van der Waals surface area contributed by atoms with Gasteiger partial charge in [-0.3, -0.25) is 9.59 Å². The molecule has 0 bridgehead atoms. The maximum Gasteiger partial charge on any atom is 0.305 e. The number of aliphatic carboxylic acids is 1. The van der Waals surface area contributed by atoms with Crippen LogP contribution in [0.4, 0.5) is 0 Å². The Labute approximate surface area is 125 Å². The SMILES string of the molecule is CCN(CCC(=O)O)C(=O)CC(C)c1ccc(OC)cc1. The molecule has 0 heterocycles. The topological polar surface area (TPSA) is 66.8 Å². The maximum atomic E-state index is 12.2. The number of hydrogen-bond acceptors (Lipinski definition) is 3. The molecule has 116 valence electrons. The summed E-state index contributed by atoms with van der Waals surface area (Å²) < 4.78 is 5.11. The highest BCUT2D eigenvalue weighted by Gasteiger charge is 2.17. The first-order valence-electron chi connectivity index (χ1n) is 7.11. The Morgan fingerprint density at radius 2 is 1.90 bits per heavy atom. The van der Waals surface area contributed by atoms with Crippen molar-refractivity contribution in [2.45, 2.75) is 32.6 Å². The van der Waals surface area contributed by atoms with Crippen LogP contribution in [-0.2, 0) is 9.59 Å². The average Bonchev–Trinajstić information content (AvgIpc) is 2.47. The highest BCUT2D eigenvalue weighted by molar-refractivity contribution is 5.77. The van der Waals surface area contributed by atoms with E-state index in [4.69, 9.17) is 9.84 Å². The van der Waals surface area contributed by atoms with Crippen LogP contribution >= 0.6 is 0 Å². The maximum absolute atomic E-state index is 12.2. The van der Waals surface area contributed by atoms with Crippen molar-refractivity contribution in [3.63, 3.8) is 0 Å². The minimum atomic E-state index is -0.885. The highest BCUT2D eigenvalue weighted by atomic mass is 16.5. The molecule has 1 atom stereocenters. The van der Waals surface area contributed by atoms with Gasteiger partial charge in [-0.2, -0.15) is 0 Å². The molecule has 1 unspecified atom stereocenters. The average molecular weight is 293 g/mol. The highest BCUT2D eigenvalue weighted by Crippen LogP contribution is 2.22. The quantitative estimate of drug-likeness (QED) is 0.799. The summed E-state index contributed by atoms with van der Waals surface area (Å²) in [4.78, 5) is 24.4. The van der Waals surface area contributed by atoms with Crippen LogP contribution in [0.2, 0.25) is 0 Å². The van der Waals surface area contributed by atoms with Crippen LogP contribution in [0.1, 0.15) is 38.2 Å². The fourth-order valence-corrected chi connectivity index (χ4v) is 2.13. The molecule has 0 saturated heterocycles. The summed E-state index contributed by atoms with van der Waals surface area (Å²) in [6.45, 7) is 4.64. The number of carboxylic acids is 1. The second kappa shape index (κ2) is 8.29. The van der Waals surface area contributed by atoms with Gasteiger partial charge in [-0.1, -0.05) is 19.1 Å². The number of ether oxygens (including phenoxy) is 1. The lowest BCUT2D eigenvalue weighted by Crippen LogP contribution is -2.33. The van der Waals surface area contributed by atoms with E-state index < -0.39 is 5.97 Å². The number of carboxylic acid groups (broad SMARTS) is 1. The van der Waals surface area contributed by atoms with Crippen molar-refractivity contribution < 1.29 is 19.4 Å². The first-order valence-corrected chi connectivity index (χ1v) is 7.11. The Kier molecular flexibility index (Phi) is 6.72. The Balaban J connectivity index is 2.60. The molecule has 5 heteroatoms. The summed E-state index contributed by atoms with van der Waals surface area (Å²) in [5.74, 6) is -0.0253. The van der Waals surface area contributed by atoms with Crippen LogP contribution in [0.15, 0.2) is 24.3 Å². The van der Waals surface area contributed by atoms with Crippen LogP contribution in [0.25, 0.3) is 0 Å². The molecule has 0 aromatic heterocycles. The van der Waals surface area contributed by atoms with Crippen LogP contribution in [-0.4, -0.2) is 42.1 Å². The Bertz CT molecular complexity index is 470. The lowest BCUT2D eigenvalue weighted by Gasteiger charge is -2.22. The first-order chi connectivity index (χ1) is 9.97. The zero-order chi connectivity index (χ0) is 15.8. The summed E-state index contributed by atoms with van der Waals surface area (Å²) in [5, 5.41) is 8.70. The van der Waals surface area contributed by atoms with Crippen LogP contribution in [0.5, 0.6) is 5.75 Å².